The van der Waals surface area contributed by atoms with Gasteiger partial charge in [0.1, 0.15) is 17.3 Å². The van der Waals surface area contributed by atoms with E-state index in [0.29, 0.717) is 5.56 Å². The van der Waals surface area contributed by atoms with E-state index in [9.17, 15) is 9.50 Å². The topological polar surface area (TPSA) is 41.5 Å². The number of halogens is 1. The van der Waals surface area contributed by atoms with E-state index in [0.717, 1.165) is 17.5 Å². The summed E-state index contributed by atoms with van der Waals surface area (Å²) in [6.07, 6.45) is 0. The van der Waals surface area contributed by atoms with E-state index in [2.05, 4.69) is 5.32 Å². The monoisotopic (exact) mass is 261 g/mol. The second kappa shape index (κ2) is 5.61. The minimum atomic E-state index is -0.446. The second-order valence-corrected chi connectivity index (χ2v) is 4.30. The molecule has 4 heteroatoms. The molecule has 0 fully saturated rings. The first-order chi connectivity index (χ1) is 9.10. The normalized spacial score (nSPS) is 11.9. The molecule has 0 saturated carbocycles. The molecule has 19 heavy (non-hydrogen) atoms. The quantitative estimate of drug-likeness (QED) is 0.881. The van der Waals surface area contributed by atoms with Crippen molar-refractivity contribution in [3.05, 3.63) is 53.8 Å². The van der Waals surface area contributed by atoms with Crippen LogP contribution in [-0.2, 0) is 0 Å². The van der Waals surface area contributed by atoms with Crippen LogP contribution in [-0.4, -0.2) is 12.2 Å². The van der Waals surface area contributed by atoms with E-state index in [1.54, 1.807) is 13.2 Å². The molecule has 0 saturated heterocycles. The number of aromatic hydroxyl groups is 1. The molecule has 2 aromatic rings. The maximum Gasteiger partial charge on any atom is 0.126 e. The van der Waals surface area contributed by atoms with Crippen molar-refractivity contribution in [1.82, 2.24) is 0 Å². The summed E-state index contributed by atoms with van der Waals surface area (Å²) in [4.78, 5) is 0. The Kier molecular flexibility index (Phi) is 3.90. The summed E-state index contributed by atoms with van der Waals surface area (Å²) in [5.41, 5.74) is 1.55. The highest BCUT2D eigenvalue weighted by atomic mass is 19.1. The Labute approximate surface area is 111 Å². The lowest BCUT2D eigenvalue weighted by Crippen LogP contribution is -2.06. The van der Waals surface area contributed by atoms with Crippen molar-refractivity contribution in [3.8, 4) is 11.5 Å². The van der Waals surface area contributed by atoms with Crippen LogP contribution >= 0.6 is 0 Å². The lowest BCUT2D eigenvalue weighted by molar-refractivity contribution is 0.415. The van der Waals surface area contributed by atoms with E-state index >= 15 is 0 Å². The van der Waals surface area contributed by atoms with Crippen molar-refractivity contribution in [3.63, 3.8) is 0 Å². The zero-order chi connectivity index (χ0) is 13.8. The molecule has 2 rings (SSSR count). The van der Waals surface area contributed by atoms with E-state index in [1.165, 1.54) is 6.07 Å². The van der Waals surface area contributed by atoms with Gasteiger partial charge in [0.15, 0.2) is 0 Å². The highest BCUT2D eigenvalue weighted by Crippen LogP contribution is 2.28. The molecule has 2 aromatic carbocycles. The van der Waals surface area contributed by atoms with E-state index in [1.807, 2.05) is 31.2 Å². The van der Waals surface area contributed by atoms with E-state index in [-0.39, 0.29) is 11.8 Å². The van der Waals surface area contributed by atoms with Crippen molar-refractivity contribution in [2.24, 2.45) is 0 Å². The fourth-order valence-electron chi connectivity index (χ4n) is 1.90. The average molecular weight is 261 g/mol. The number of phenols is 1. The number of ether oxygens (including phenoxy) is 1. The van der Waals surface area contributed by atoms with Crippen molar-refractivity contribution < 1.29 is 14.2 Å². The van der Waals surface area contributed by atoms with Gasteiger partial charge in [-0.15, -0.1) is 0 Å². The number of phenolic OH excluding ortho intramolecular Hbond substituents is 1. The highest BCUT2D eigenvalue weighted by molar-refractivity contribution is 5.49. The van der Waals surface area contributed by atoms with Crippen LogP contribution in [0.5, 0.6) is 11.5 Å². The fraction of sp³-hybridized carbons (Fsp3) is 0.200. The van der Waals surface area contributed by atoms with Gasteiger partial charge in [0.2, 0.25) is 0 Å². The summed E-state index contributed by atoms with van der Waals surface area (Å²) in [5.74, 6) is 0.286. The maximum atomic E-state index is 12.9. The van der Waals surface area contributed by atoms with Crippen LogP contribution in [0.1, 0.15) is 18.5 Å². The summed E-state index contributed by atoms with van der Waals surface area (Å²) in [6, 6.07) is 11.4. The molecular weight excluding hydrogens is 245 g/mol. The molecule has 2 N–H and O–H groups in total. The summed E-state index contributed by atoms with van der Waals surface area (Å²) < 4.78 is 18.0. The largest absolute Gasteiger partial charge is 0.507 e. The Bertz CT molecular complexity index is 555. The summed E-state index contributed by atoms with van der Waals surface area (Å²) in [6.45, 7) is 1.90. The molecule has 0 radical (unpaired) electrons. The van der Waals surface area contributed by atoms with Gasteiger partial charge in [-0.2, -0.15) is 0 Å². The number of rotatable bonds is 4. The van der Waals surface area contributed by atoms with Crippen molar-refractivity contribution in [1.29, 1.82) is 0 Å². The molecule has 100 valence electrons. The van der Waals surface area contributed by atoms with Gasteiger partial charge in [0.25, 0.3) is 0 Å². The van der Waals surface area contributed by atoms with Gasteiger partial charge >= 0.3 is 0 Å². The first kappa shape index (κ1) is 13.2. The van der Waals surface area contributed by atoms with Gasteiger partial charge < -0.3 is 15.2 Å². The lowest BCUT2D eigenvalue weighted by atomic mass is 10.1. The predicted octanol–water partition coefficient (Wildman–Crippen LogP) is 3.71. The molecule has 0 spiro atoms. The minimum absolute atomic E-state index is 0.0477. The van der Waals surface area contributed by atoms with Crippen LogP contribution in [0.15, 0.2) is 42.5 Å². The molecule has 0 aromatic heterocycles. The molecule has 3 nitrogen and oxygen atoms in total. The third kappa shape index (κ3) is 3.16. The highest BCUT2D eigenvalue weighted by Gasteiger charge is 2.11. The summed E-state index contributed by atoms with van der Waals surface area (Å²) in [5, 5.41) is 13.0. The Morgan fingerprint density at radius 1 is 1.16 bits per heavy atom. The molecule has 0 aliphatic carbocycles. The number of anilines is 1. The van der Waals surface area contributed by atoms with Crippen LogP contribution in [0.3, 0.4) is 0 Å². The van der Waals surface area contributed by atoms with E-state index in [4.69, 9.17) is 4.74 Å². The average Bonchev–Trinajstić information content (AvgIpc) is 2.39. The van der Waals surface area contributed by atoms with Gasteiger partial charge in [0.05, 0.1) is 13.2 Å². The minimum Gasteiger partial charge on any atom is -0.507 e. The van der Waals surface area contributed by atoms with Gasteiger partial charge in [-0.05, 0) is 37.3 Å². The van der Waals surface area contributed by atoms with Gasteiger partial charge in [-0.25, -0.2) is 4.39 Å². The van der Waals surface area contributed by atoms with Crippen LogP contribution in [0.2, 0.25) is 0 Å². The number of hydrogen-bond acceptors (Lipinski definition) is 3. The van der Waals surface area contributed by atoms with E-state index < -0.39 is 5.82 Å². The fourth-order valence-corrected chi connectivity index (χ4v) is 1.90. The van der Waals surface area contributed by atoms with Gasteiger partial charge in [-0.3, -0.25) is 0 Å². The Morgan fingerprint density at radius 2 is 1.84 bits per heavy atom. The molecule has 0 aliphatic heterocycles. The smallest absolute Gasteiger partial charge is 0.126 e. The zero-order valence-electron chi connectivity index (χ0n) is 10.9. The van der Waals surface area contributed by atoms with Crippen LogP contribution < -0.4 is 10.1 Å². The van der Waals surface area contributed by atoms with Crippen molar-refractivity contribution in [2.75, 3.05) is 12.4 Å². The molecule has 1 unspecified atom stereocenters. The first-order valence-corrected chi connectivity index (χ1v) is 5.99. The molecular formula is C15H16FNO2. The van der Waals surface area contributed by atoms with Crippen LogP contribution in [0.25, 0.3) is 0 Å². The Hall–Kier alpha value is -2.23. The third-order valence-corrected chi connectivity index (χ3v) is 2.93. The molecule has 0 amide bonds. The van der Waals surface area contributed by atoms with Crippen LogP contribution in [0, 0.1) is 5.82 Å². The SMILES string of the molecule is COc1ccc(NC(C)c2ccc(F)cc2O)cc1. The molecule has 0 heterocycles. The van der Waals surface area contributed by atoms with Crippen molar-refractivity contribution in [2.45, 2.75) is 13.0 Å². The Morgan fingerprint density at radius 3 is 2.42 bits per heavy atom. The predicted molar refractivity (Wildman–Crippen MR) is 73.1 cm³/mol. The number of hydrogen-bond donors (Lipinski definition) is 2. The molecule has 0 bridgehead atoms. The number of methoxy groups -OCH3 is 1. The van der Waals surface area contributed by atoms with Gasteiger partial charge in [0, 0.05) is 17.3 Å². The van der Waals surface area contributed by atoms with Crippen LogP contribution in [0.4, 0.5) is 10.1 Å². The summed E-state index contributed by atoms with van der Waals surface area (Å²) >= 11 is 0. The summed E-state index contributed by atoms with van der Waals surface area (Å²) in [7, 11) is 1.61. The number of nitrogens with one attached hydrogen (secondary N) is 1. The third-order valence-electron chi connectivity index (χ3n) is 2.93. The van der Waals surface area contributed by atoms with Gasteiger partial charge in [-0.1, -0.05) is 6.07 Å². The van der Waals surface area contributed by atoms with Crippen molar-refractivity contribution >= 4 is 5.69 Å². The zero-order valence-corrected chi connectivity index (χ0v) is 10.9. The Balaban J connectivity index is 2.13. The molecule has 0 aliphatic rings. The maximum absolute atomic E-state index is 12.9. The first-order valence-electron chi connectivity index (χ1n) is 5.99. The lowest BCUT2D eigenvalue weighted by Gasteiger charge is -2.17. The second-order valence-electron chi connectivity index (χ2n) is 4.30. The number of benzene rings is 2. The molecule has 1 atom stereocenters. The standard InChI is InChI=1S/C15H16FNO2/c1-10(14-8-3-11(16)9-15(14)18)17-12-4-6-13(19-2)7-5-12/h3-10,17-18H,1-2H3.